The second-order valence-corrected chi connectivity index (χ2v) is 8.03. The number of nitrogens with zero attached hydrogens (tertiary/aromatic N) is 2. The first-order chi connectivity index (χ1) is 15.1. The highest BCUT2D eigenvalue weighted by Gasteiger charge is 2.35. The first kappa shape index (κ1) is 20.8. The summed E-state index contributed by atoms with van der Waals surface area (Å²) in [6.45, 7) is 3.53. The Morgan fingerprint density at radius 1 is 1.13 bits per heavy atom. The van der Waals surface area contributed by atoms with E-state index in [1.54, 1.807) is 23.4 Å². The molecule has 1 aliphatic rings. The van der Waals surface area contributed by atoms with Crippen molar-refractivity contribution in [2.24, 2.45) is 5.92 Å². The molecule has 1 N–H and O–H groups in total. The molecule has 0 aliphatic carbocycles. The summed E-state index contributed by atoms with van der Waals surface area (Å²) in [4.78, 5) is 31.9. The normalized spacial score (nSPS) is 18.5. The number of hydrogen-bond acceptors (Lipinski definition) is 4. The lowest BCUT2D eigenvalue weighted by molar-refractivity contribution is -0.126. The van der Waals surface area contributed by atoms with E-state index in [0.717, 1.165) is 17.5 Å². The fourth-order valence-electron chi connectivity index (χ4n) is 4.13. The van der Waals surface area contributed by atoms with E-state index in [2.05, 4.69) is 41.5 Å². The Labute approximate surface area is 182 Å². The highest BCUT2D eigenvalue weighted by Crippen LogP contribution is 2.31. The van der Waals surface area contributed by atoms with Crippen LogP contribution in [0.25, 0.3) is 0 Å². The minimum absolute atomic E-state index is 0.0382. The number of likely N-dealkylation sites (tertiary alicyclic amines) is 1. The summed E-state index contributed by atoms with van der Waals surface area (Å²) in [5.74, 6) is -0.320. The molecule has 160 valence electrons. The third kappa shape index (κ3) is 5.02. The van der Waals surface area contributed by atoms with Gasteiger partial charge in [-0.25, -0.2) is 0 Å². The molecule has 4 rings (SSSR count). The second kappa shape index (κ2) is 9.60. The zero-order valence-corrected chi connectivity index (χ0v) is 17.7. The number of pyridine rings is 1. The van der Waals surface area contributed by atoms with E-state index in [-0.39, 0.29) is 23.7 Å². The van der Waals surface area contributed by atoms with Crippen LogP contribution in [0, 0.1) is 5.92 Å². The molecule has 0 saturated carbocycles. The van der Waals surface area contributed by atoms with Gasteiger partial charge in [-0.15, -0.1) is 0 Å². The fraction of sp³-hybridized carbons (Fsp3) is 0.320. The number of carbonyl (C=O) groups is 2. The molecule has 6 nitrogen and oxygen atoms in total. The van der Waals surface area contributed by atoms with Crippen molar-refractivity contribution in [3.8, 4) is 0 Å². The Bertz CT molecular complexity index is 1000. The van der Waals surface area contributed by atoms with E-state index in [9.17, 15) is 9.59 Å². The lowest BCUT2D eigenvalue weighted by atomic mass is 9.83. The molecule has 0 bridgehead atoms. The predicted molar refractivity (Wildman–Crippen MR) is 117 cm³/mol. The molecule has 0 radical (unpaired) electrons. The average molecular weight is 418 g/mol. The van der Waals surface area contributed by atoms with Gasteiger partial charge in [-0.3, -0.25) is 14.6 Å². The molecule has 6 heteroatoms. The number of carbonyl (C=O) groups excluding carboxylic acids is 2. The zero-order chi connectivity index (χ0) is 21.6. The predicted octanol–water partition coefficient (Wildman–Crippen LogP) is 3.80. The van der Waals surface area contributed by atoms with Gasteiger partial charge in [0.25, 0.3) is 5.91 Å². The third-order valence-corrected chi connectivity index (χ3v) is 5.93. The quantitative estimate of drug-likeness (QED) is 0.662. The Kier molecular flexibility index (Phi) is 6.46. The van der Waals surface area contributed by atoms with Crippen LogP contribution in [0.5, 0.6) is 0 Å². The number of benzene rings is 1. The average Bonchev–Trinajstić information content (AvgIpc) is 3.37. The summed E-state index contributed by atoms with van der Waals surface area (Å²) in [7, 11) is 0. The van der Waals surface area contributed by atoms with Gasteiger partial charge in [-0.2, -0.15) is 0 Å². The lowest BCUT2D eigenvalue weighted by Gasteiger charge is -2.37. The van der Waals surface area contributed by atoms with Gasteiger partial charge >= 0.3 is 0 Å². The van der Waals surface area contributed by atoms with E-state index in [0.29, 0.717) is 31.6 Å². The summed E-state index contributed by atoms with van der Waals surface area (Å²) in [5, 5.41) is 3.02. The van der Waals surface area contributed by atoms with Gasteiger partial charge < -0.3 is 14.6 Å². The molecule has 2 amide bonds. The molecule has 3 heterocycles. The number of rotatable bonds is 6. The van der Waals surface area contributed by atoms with Crippen LogP contribution in [-0.2, 0) is 17.8 Å². The molecule has 0 spiro atoms. The van der Waals surface area contributed by atoms with Crippen LogP contribution in [-0.4, -0.2) is 34.8 Å². The first-order valence-electron chi connectivity index (χ1n) is 10.7. The number of aromatic nitrogens is 1. The zero-order valence-electron chi connectivity index (χ0n) is 17.7. The van der Waals surface area contributed by atoms with E-state index in [1.807, 2.05) is 12.1 Å². The molecule has 2 aromatic heterocycles. The van der Waals surface area contributed by atoms with E-state index in [1.165, 1.54) is 18.1 Å². The van der Waals surface area contributed by atoms with Crippen molar-refractivity contribution >= 4 is 11.8 Å². The van der Waals surface area contributed by atoms with Crippen molar-refractivity contribution in [1.29, 1.82) is 0 Å². The maximum Gasteiger partial charge on any atom is 0.257 e. The standard InChI is InChI=1S/C25H27N3O3/c1-2-18-5-7-20(8-6-18)22-12-23(24(29)27-14-19-4-3-10-26-13-19)16-28(15-22)25(30)21-9-11-31-17-21/h3-11,13,17,22-23H,2,12,14-16H2,1H3,(H,27,29)/t22-,23-/m1/s1. The van der Waals surface area contributed by atoms with Crippen molar-refractivity contribution in [3.63, 3.8) is 0 Å². The summed E-state index contributed by atoms with van der Waals surface area (Å²) < 4.78 is 5.09. The van der Waals surface area contributed by atoms with Gasteiger partial charge in [-0.1, -0.05) is 37.3 Å². The van der Waals surface area contributed by atoms with Gasteiger partial charge in [0, 0.05) is 37.9 Å². The van der Waals surface area contributed by atoms with Gasteiger partial charge in [0.15, 0.2) is 0 Å². The summed E-state index contributed by atoms with van der Waals surface area (Å²) in [5.41, 5.74) is 3.89. The summed E-state index contributed by atoms with van der Waals surface area (Å²) in [6.07, 6.45) is 8.10. The molecule has 1 saturated heterocycles. The number of furan rings is 1. The van der Waals surface area contributed by atoms with Crippen molar-refractivity contribution in [1.82, 2.24) is 15.2 Å². The van der Waals surface area contributed by atoms with Crippen molar-refractivity contribution < 1.29 is 14.0 Å². The van der Waals surface area contributed by atoms with Crippen LogP contribution in [0.3, 0.4) is 0 Å². The molecule has 0 unspecified atom stereocenters. The topological polar surface area (TPSA) is 75.4 Å². The molecule has 1 aliphatic heterocycles. The SMILES string of the molecule is CCc1ccc([C@@H]2C[C@@H](C(=O)NCc3cccnc3)CN(C(=O)c3ccoc3)C2)cc1. The van der Waals surface area contributed by atoms with Crippen LogP contribution in [0.2, 0.25) is 0 Å². The Morgan fingerprint density at radius 3 is 2.65 bits per heavy atom. The Hall–Kier alpha value is -3.41. The van der Waals surface area contributed by atoms with Crippen LogP contribution in [0.15, 0.2) is 71.8 Å². The van der Waals surface area contributed by atoms with Crippen LogP contribution < -0.4 is 5.32 Å². The molecule has 1 aromatic carbocycles. The molecular weight excluding hydrogens is 390 g/mol. The number of amides is 2. The largest absolute Gasteiger partial charge is 0.472 e. The van der Waals surface area contributed by atoms with Gasteiger partial charge in [0.1, 0.15) is 6.26 Å². The monoisotopic (exact) mass is 417 g/mol. The summed E-state index contributed by atoms with van der Waals surface area (Å²) in [6, 6.07) is 14.0. The molecule has 3 aromatic rings. The second-order valence-electron chi connectivity index (χ2n) is 8.03. The minimum atomic E-state index is -0.280. The minimum Gasteiger partial charge on any atom is -0.472 e. The number of hydrogen-bond donors (Lipinski definition) is 1. The summed E-state index contributed by atoms with van der Waals surface area (Å²) >= 11 is 0. The Balaban J connectivity index is 1.51. The fourth-order valence-corrected chi connectivity index (χ4v) is 4.13. The molecular formula is C25H27N3O3. The molecule has 31 heavy (non-hydrogen) atoms. The van der Waals surface area contributed by atoms with E-state index in [4.69, 9.17) is 4.42 Å². The van der Waals surface area contributed by atoms with Crippen LogP contribution in [0.1, 0.15) is 46.3 Å². The van der Waals surface area contributed by atoms with Gasteiger partial charge in [0.2, 0.25) is 5.91 Å². The maximum atomic E-state index is 13.0. The Morgan fingerprint density at radius 2 is 1.97 bits per heavy atom. The number of aryl methyl sites for hydroxylation is 1. The third-order valence-electron chi connectivity index (χ3n) is 5.93. The van der Waals surface area contributed by atoms with Gasteiger partial charge in [-0.05, 0) is 41.7 Å². The number of nitrogens with one attached hydrogen (secondary N) is 1. The highest BCUT2D eigenvalue weighted by atomic mass is 16.3. The van der Waals surface area contributed by atoms with E-state index >= 15 is 0 Å². The van der Waals surface area contributed by atoms with Crippen molar-refractivity contribution in [2.75, 3.05) is 13.1 Å². The number of piperidine rings is 1. The first-order valence-corrected chi connectivity index (χ1v) is 10.7. The molecule has 1 fully saturated rings. The van der Waals surface area contributed by atoms with E-state index < -0.39 is 0 Å². The van der Waals surface area contributed by atoms with Crippen molar-refractivity contribution in [2.45, 2.75) is 32.2 Å². The van der Waals surface area contributed by atoms with Crippen molar-refractivity contribution in [3.05, 3.63) is 89.6 Å². The lowest BCUT2D eigenvalue weighted by Crippen LogP contribution is -2.47. The molecule has 2 atom stereocenters. The van der Waals surface area contributed by atoms with Crippen LogP contribution >= 0.6 is 0 Å². The highest BCUT2D eigenvalue weighted by molar-refractivity contribution is 5.94. The maximum absolute atomic E-state index is 13.0. The van der Waals surface area contributed by atoms with Gasteiger partial charge in [0.05, 0.1) is 17.7 Å². The smallest absolute Gasteiger partial charge is 0.257 e. The van der Waals surface area contributed by atoms with Crippen LogP contribution in [0.4, 0.5) is 0 Å².